The van der Waals surface area contributed by atoms with Crippen LogP contribution in [0.5, 0.6) is 0 Å². The van der Waals surface area contributed by atoms with Gasteiger partial charge < -0.3 is 5.32 Å². The first kappa shape index (κ1) is 10.3. The Bertz CT molecular complexity index is 327. The molecule has 3 nitrogen and oxygen atoms in total. The second-order valence-electron chi connectivity index (χ2n) is 5.12. The molecule has 0 atom stereocenters. The highest BCUT2D eigenvalue weighted by Gasteiger charge is 2.20. The predicted molar refractivity (Wildman–Crippen MR) is 64.6 cm³/mol. The summed E-state index contributed by atoms with van der Waals surface area (Å²) in [6.07, 6.45) is 8.07. The molecule has 1 aromatic rings. The van der Waals surface area contributed by atoms with Gasteiger partial charge >= 0.3 is 0 Å². The first-order chi connectivity index (χ1) is 7.93. The third kappa shape index (κ3) is 2.01. The largest absolute Gasteiger partial charge is 0.315 e. The molecular weight excluding hydrogens is 198 g/mol. The Kier molecular flexibility index (Phi) is 2.96. The normalized spacial score (nSPS) is 22.8. The Morgan fingerprint density at radius 1 is 1.19 bits per heavy atom. The Hall–Kier alpha value is -0.830. The minimum Gasteiger partial charge on any atom is -0.315 e. The summed E-state index contributed by atoms with van der Waals surface area (Å²) in [6.45, 7) is 3.22. The van der Waals surface area contributed by atoms with Gasteiger partial charge in [0, 0.05) is 31.1 Å². The average molecular weight is 219 g/mol. The highest BCUT2D eigenvalue weighted by atomic mass is 15.3. The minimum absolute atomic E-state index is 0.751. The van der Waals surface area contributed by atoms with Gasteiger partial charge in [0.25, 0.3) is 0 Å². The van der Waals surface area contributed by atoms with Crippen molar-refractivity contribution in [2.75, 3.05) is 13.1 Å². The van der Waals surface area contributed by atoms with Crippen molar-refractivity contribution >= 4 is 0 Å². The molecule has 1 aromatic heterocycles. The number of hydrogen-bond donors (Lipinski definition) is 1. The van der Waals surface area contributed by atoms with E-state index in [1.807, 2.05) is 0 Å². The fourth-order valence-electron chi connectivity index (χ4n) is 3.00. The van der Waals surface area contributed by atoms with Crippen molar-refractivity contribution < 1.29 is 0 Å². The maximum atomic E-state index is 4.81. The summed E-state index contributed by atoms with van der Waals surface area (Å²) in [6, 6.07) is 2.36. The first-order valence-electron chi connectivity index (χ1n) is 6.71. The zero-order chi connectivity index (χ0) is 10.8. The number of fused-ring (bicyclic) bond motifs is 1. The second-order valence-corrected chi connectivity index (χ2v) is 5.12. The monoisotopic (exact) mass is 219 g/mol. The van der Waals surface area contributed by atoms with Gasteiger partial charge in [-0.2, -0.15) is 5.10 Å². The van der Waals surface area contributed by atoms with Crippen LogP contribution in [-0.4, -0.2) is 22.9 Å². The van der Waals surface area contributed by atoms with Crippen LogP contribution >= 0.6 is 0 Å². The Labute approximate surface area is 97.2 Å². The molecule has 2 aliphatic rings. The van der Waals surface area contributed by atoms with Gasteiger partial charge in [-0.3, -0.25) is 4.68 Å². The zero-order valence-corrected chi connectivity index (χ0v) is 9.91. The average Bonchev–Trinajstić information content (AvgIpc) is 2.62. The summed E-state index contributed by atoms with van der Waals surface area (Å²) in [5.74, 6) is 0.751. The summed E-state index contributed by atoms with van der Waals surface area (Å²) in [7, 11) is 0. The molecule has 1 fully saturated rings. The van der Waals surface area contributed by atoms with Gasteiger partial charge in [0.2, 0.25) is 0 Å². The van der Waals surface area contributed by atoms with Gasteiger partial charge in [0.15, 0.2) is 0 Å². The summed E-state index contributed by atoms with van der Waals surface area (Å²) >= 11 is 0. The van der Waals surface area contributed by atoms with Crippen molar-refractivity contribution in [3.8, 4) is 0 Å². The van der Waals surface area contributed by atoms with Crippen LogP contribution < -0.4 is 5.32 Å². The highest BCUT2D eigenvalue weighted by Crippen LogP contribution is 2.32. The molecule has 0 amide bonds. The van der Waals surface area contributed by atoms with Crippen LogP contribution in [0.15, 0.2) is 6.07 Å². The maximum absolute atomic E-state index is 4.81. The van der Waals surface area contributed by atoms with Gasteiger partial charge in [0.1, 0.15) is 0 Å². The van der Waals surface area contributed by atoms with Gasteiger partial charge in [-0.15, -0.1) is 0 Å². The highest BCUT2D eigenvalue weighted by molar-refractivity contribution is 5.16. The Morgan fingerprint density at radius 3 is 2.94 bits per heavy atom. The van der Waals surface area contributed by atoms with Crippen LogP contribution in [-0.2, 0) is 13.0 Å². The van der Waals surface area contributed by atoms with E-state index in [1.54, 1.807) is 0 Å². The van der Waals surface area contributed by atoms with Gasteiger partial charge in [0.05, 0.1) is 12.2 Å². The fourth-order valence-corrected chi connectivity index (χ4v) is 3.00. The smallest absolute Gasteiger partial charge is 0.0658 e. The van der Waals surface area contributed by atoms with E-state index in [4.69, 9.17) is 5.10 Å². The van der Waals surface area contributed by atoms with E-state index in [0.717, 1.165) is 32.0 Å². The van der Waals surface area contributed by atoms with Gasteiger partial charge in [-0.25, -0.2) is 0 Å². The molecule has 2 heterocycles. The van der Waals surface area contributed by atoms with E-state index in [1.165, 1.54) is 43.5 Å². The minimum atomic E-state index is 0.751. The van der Waals surface area contributed by atoms with Crippen LogP contribution in [0.25, 0.3) is 0 Å². The number of nitrogens with one attached hydrogen (secondary N) is 1. The third-order valence-electron chi connectivity index (χ3n) is 3.96. The van der Waals surface area contributed by atoms with Gasteiger partial charge in [-0.1, -0.05) is 19.3 Å². The molecule has 0 unspecified atom stereocenters. The molecule has 0 saturated heterocycles. The molecule has 0 aromatic carbocycles. The van der Waals surface area contributed by atoms with Crippen molar-refractivity contribution in [1.29, 1.82) is 0 Å². The fraction of sp³-hybridized carbons (Fsp3) is 0.769. The standard InChI is InChI=1S/C13H21N3/c1-2-4-11(5-3-1)13-10-12-6-7-14-8-9-16(12)15-13/h10-11,14H,1-9H2. The quantitative estimate of drug-likeness (QED) is 0.783. The Morgan fingerprint density at radius 2 is 2.06 bits per heavy atom. The lowest BCUT2D eigenvalue weighted by atomic mass is 9.87. The molecule has 0 spiro atoms. The number of nitrogens with zero attached hydrogens (tertiary/aromatic N) is 2. The molecule has 0 radical (unpaired) electrons. The van der Waals surface area contributed by atoms with E-state index >= 15 is 0 Å². The molecule has 16 heavy (non-hydrogen) atoms. The molecule has 1 saturated carbocycles. The third-order valence-corrected chi connectivity index (χ3v) is 3.96. The van der Waals surface area contributed by atoms with Crippen molar-refractivity contribution in [2.45, 2.75) is 51.0 Å². The van der Waals surface area contributed by atoms with E-state index in [0.29, 0.717) is 0 Å². The van der Waals surface area contributed by atoms with Crippen LogP contribution in [0.4, 0.5) is 0 Å². The van der Waals surface area contributed by atoms with Crippen molar-refractivity contribution in [2.24, 2.45) is 0 Å². The summed E-state index contributed by atoms with van der Waals surface area (Å²) < 4.78 is 2.23. The topological polar surface area (TPSA) is 29.9 Å². The molecular formula is C13H21N3. The molecule has 88 valence electrons. The summed E-state index contributed by atoms with van der Waals surface area (Å²) in [4.78, 5) is 0. The lowest BCUT2D eigenvalue weighted by Crippen LogP contribution is -2.18. The van der Waals surface area contributed by atoms with Crippen LogP contribution in [0.1, 0.15) is 49.4 Å². The van der Waals surface area contributed by atoms with E-state index in [2.05, 4.69) is 16.1 Å². The van der Waals surface area contributed by atoms with Crippen LogP contribution in [0.2, 0.25) is 0 Å². The maximum Gasteiger partial charge on any atom is 0.0658 e. The molecule has 3 rings (SSSR count). The zero-order valence-electron chi connectivity index (χ0n) is 9.91. The van der Waals surface area contributed by atoms with E-state index in [9.17, 15) is 0 Å². The number of rotatable bonds is 1. The second kappa shape index (κ2) is 4.58. The molecule has 3 heteroatoms. The molecule has 1 aliphatic heterocycles. The lowest BCUT2D eigenvalue weighted by molar-refractivity contribution is 0.431. The Balaban J connectivity index is 1.80. The molecule has 1 aliphatic carbocycles. The lowest BCUT2D eigenvalue weighted by Gasteiger charge is -2.19. The van der Waals surface area contributed by atoms with Gasteiger partial charge in [-0.05, 0) is 18.9 Å². The van der Waals surface area contributed by atoms with Crippen molar-refractivity contribution in [3.05, 3.63) is 17.5 Å². The summed E-state index contributed by atoms with van der Waals surface area (Å²) in [5.41, 5.74) is 2.81. The first-order valence-corrected chi connectivity index (χ1v) is 6.71. The van der Waals surface area contributed by atoms with E-state index < -0.39 is 0 Å². The molecule has 1 N–H and O–H groups in total. The molecule has 0 bridgehead atoms. The van der Waals surface area contributed by atoms with Crippen molar-refractivity contribution in [3.63, 3.8) is 0 Å². The number of aromatic nitrogens is 2. The SMILES string of the molecule is c1c(C2CCCCC2)nn2c1CCNCC2. The van der Waals surface area contributed by atoms with Crippen LogP contribution in [0, 0.1) is 0 Å². The number of hydrogen-bond acceptors (Lipinski definition) is 2. The van der Waals surface area contributed by atoms with Crippen molar-refractivity contribution in [1.82, 2.24) is 15.1 Å². The van der Waals surface area contributed by atoms with Crippen LogP contribution in [0.3, 0.4) is 0 Å². The summed E-state index contributed by atoms with van der Waals surface area (Å²) in [5, 5.41) is 8.23. The van der Waals surface area contributed by atoms with E-state index in [-0.39, 0.29) is 0 Å². The predicted octanol–water partition coefficient (Wildman–Crippen LogP) is 2.08.